The van der Waals surface area contributed by atoms with Gasteiger partial charge in [-0.3, -0.25) is 5.43 Å². The average Bonchev–Trinajstić information content (AvgIpc) is 2.35. The van der Waals surface area contributed by atoms with Gasteiger partial charge in [-0.2, -0.15) is 5.10 Å². The van der Waals surface area contributed by atoms with E-state index in [4.69, 9.17) is 22.7 Å². The van der Waals surface area contributed by atoms with E-state index in [0.717, 1.165) is 36.3 Å². The highest BCUT2D eigenvalue weighted by atomic mass is 32.1. The molecule has 90 valence electrons. The summed E-state index contributed by atoms with van der Waals surface area (Å²) in [7, 11) is 1.67. The van der Waals surface area contributed by atoms with E-state index in [2.05, 4.69) is 16.6 Å². The van der Waals surface area contributed by atoms with Crippen LogP contribution in [-0.2, 0) is 6.42 Å². The maximum atomic E-state index is 5.37. The molecule has 4 nitrogen and oxygen atoms in total. The molecule has 0 aromatic heterocycles. The van der Waals surface area contributed by atoms with Crippen molar-refractivity contribution in [2.45, 2.75) is 19.3 Å². The van der Waals surface area contributed by atoms with E-state index in [-0.39, 0.29) is 5.11 Å². The maximum absolute atomic E-state index is 5.37. The highest BCUT2D eigenvalue weighted by Crippen LogP contribution is 2.25. The van der Waals surface area contributed by atoms with Crippen LogP contribution in [0.15, 0.2) is 23.3 Å². The molecule has 1 aromatic rings. The topological polar surface area (TPSA) is 59.6 Å². The van der Waals surface area contributed by atoms with Crippen LogP contribution in [0.5, 0.6) is 5.75 Å². The van der Waals surface area contributed by atoms with Crippen molar-refractivity contribution < 1.29 is 4.74 Å². The van der Waals surface area contributed by atoms with Crippen molar-refractivity contribution in [1.29, 1.82) is 0 Å². The van der Waals surface area contributed by atoms with Crippen LogP contribution in [-0.4, -0.2) is 17.9 Å². The van der Waals surface area contributed by atoms with Gasteiger partial charge in [0.1, 0.15) is 5.75 Å². The van der Waals surface area contributed by atoms with E-state index in [1.807, 2.05) is 12.1 Å². The van der Waals surface area contributed by atoms with Gasteiger partial charge in [-0.05, 0) is 55.2 Å². The summed E-state index contributed by atoms with van der Waals surface area (Å²) < 4.78 is 5.22. The summed E-state index contributed by atoms with van der Waals surface area (Å²) in [4.78, 5) is 0. The van der Waals surface area contributed by atoms with Crippen molar-refractivity contribution in [2.24, 2.45) is 10.8 Å². The Hall–Kier alpha value is -1.62. The van der Waals surface area contributed by atoms with E-state index >= 15 is 0 Å². The molecule has 0 aliphatic heterocycles. The summed E-state index contributed by atoms with van der Waals surface area (Å²) >= 11 is 4.74. The number of nitrogens with zero attached hydrogens (tertiary/aromatic N) is 1. The Labute approximate surface area is 106 Å². The fourth-order valence-corrected chi connectivity index (χ4v) is 2.05. The van der Waals surface area contributed by atoms with Gasteiger partial charge in [-0.25, -0.2) is 0 Å². The van der Waals surface area contributed by atoms with E-state index in [1.165, 1.54) is 5.56 Å². The van der Waals surface area contributed by atoms with Gasteiger partial charge in [0, 0.05) is 5.56 Å². The lowest BCUT2D eigenvalue weighted by Crippen LogP contribution is -2.26. The second-order valence-corrected chi connectivity index (χ2v) is 4.35. The molecule has 0 amide bonds. The Kier molecular flexibility index (Phi) is 3.58. The molecule has 0 saturated heterocycles. The lowest BCUT2D eigenvalue weighted by atomic mass is 9.90. The van der Waals surface area contributed by atoms with Gasteiger partial charge in [0.05, 0.1) is 12.8 Å². The first-order valence-electron chi connectivity index (χ1n) is 5.50. The lowest BCUT2D eigenvalue weighted by molar-refractivity contribution is 0.414. The molecular weight excluding hydrogens is 234 g/mol. The van der Waals surface area contributed by atoms with Crippen molar-refractivity contribution in [3.05, 3.63) is 29.3 Å². The maximum Gasteiger partial charge on any atom is 0.184 e. The summed E-state index contributed by atoms with van der Waals surface area (Å²) in [6.45, 7) is 0. The zero-order valence-electron chi connectivity index (χ0n) is 9.69. The molecule has 2 rings (SSSR count). The van der Waals surface area contributed by atoms with Crippen LogP contribution in [0.4, 0.5) is 0 Å². The number of ether oxygens (including phenoxy) is 1. The minimum atomic E-state index is 0.193. The number of rotatable bonds is 2. The molecule has 1 aliphatic carbocycles. The van der Waals surface area contributed by atoms with Crippen molar-refractivity contribution in [3.63, 3.8) is 0 Å². The summed E-state index contributed by atoms with van der Waals surface area (Å²) in [6, 6.07) is 6.04. The highest BCUT2D eigenvalue weighted by molar-refractivity contribution is 7.80. The smallest absolute Gasteiger partial charge is 0.184 e. The molecule has 0 spiro atoms. The van der Waals surface area contributed by atoms with Crippen molar-refractivity contribution >= 4 is 23.0 Å². The third kappa shape index (κ3) is 2.74. The van der Waals surface area contributed by atoms with E-state index in [9.17, 15) is 0 Å². The van der Waals surface area contributed by atoms with Crippen LogP contribution in [0.1, 0.15) is 24.0 Å². The Bertz CT molecular complexity index is 471. The predicted octanol–water partition coefficient (Wildman–Crippen LogP) is 1.57. The summed E-state index contributed by atoms with van der Waals surface area (Å²) in [6.07, 6.45) is 3.07. The molecule has 1 aromatic carbocycles. The molecule has 0 fully saturated rings. The minimum Gasteiger partial charge on any atom is -0.497 e. The lowest BCUT2D eigenvalue weighted by Gasteiger charge is -2.18. The van der Waals surface area contributed by atoms with Crippen LogP contribution in [0.25, 0.3) is 0 Å². The van der Waals surface area contributed by atoms with Gasteiger partial charge in [-0.15, -0.1) is 0 Å². The number of nitrogens with one attached hydrogen (secondary N) is 1. The fourth-order valence-electron chi connectivity index (χ4n) is 2.01. The first-order chi connectivity index (χ1) is 8.20. The van der Waals surface area contributed by atoms with Crippen LogP contribution < -0.4 is 15.9 Å². The number of hydrogen-bond donors (Lipinski definition) is 2. The number of aryl methyl sites for hydroxylation is 1. The van der Waals surface area contributed by atoms with E-state index < -0.39 is 0 Å². The number of fused-ring (bicyclic) bond motifs is 1. The van der Waals surface area contributed by atoms with Crippen molar-refractivity contribution in [3.8, 4) is 5.75 Å². The van der Waals surface area contributed by atoms with Crippen LogP contribution in [0.3, 0.4) is 0 Å². The fraction of sp³-hybridized carbons (Fsp3) is 0.333. The Balaban J connectivity index is 2.31. The summed E-state index contributed by atoms with van der Waals surface area (Å²) in [5, 5.41) is 4.43. The molecule has 0 unspecified atom stereocenters. The van der Waals surface area contributed by atoms with Crippen LogP contribution >= 0.6 is 12.2 Å². The second-order valence-electron chi connectivity index (χ2n) is 3.91. The zero-order chi connectivity index (χ0) is 12.3. The molecule has 0 saturated carbocycles. The Morgan fingerprint density at radius 2 is 2.29 bits per heavy atom. The largest absolute Gasteiger partial charge is 0.497 e. The first-order valence-corrected chi connectivity index (χ1v) is 5.91. The molecule has 0 radical (unpaired) electrons. The third-order valence-corrected chi connectivity index (χ3v) is 2.88. The number of hydrazone groups is 1. The van der Waals surface area contributed by atoms with Gasteiger partial charge in [0.2, 0.25) is 0 Å². The van der Waals surface area contributed by atoms with Gasteiger partial charge in [0.25, 0.3) is 0 Å². The molecular formula is C12H15N3OS. The molecule has 17 heavy (non-hydrogen) atoms. The molecule has 1 aliphatic rings. The summed E-state index contributed by atoms with van der Waals surface area (Å²) in [5.74, 6) is 0.882. The van der Waals surface area contributed by atoms with Crippen LogP contribution in [0.2, 0.25) is 0 Å². The first kappa shape index (κ1) is 11.9. The van der Waals surface area contributed by atoms with Gasteiger partial charge in [0.15, 0.2) is 5.11 Å². The van der Waals surface area contributed by atoms with E-state index in [1.54, 1.807) is 7.11 Å². The van der Waals surface area contributed by atoms with Crippen LogP contribution in [0, 0.1) is 0 Å². The Morgan fingerprint density at radius 3 is 3.00 bits per heavy atom. The monoisotopic (exact) mass is 249 g/mol. The van der Waals surface area contributed by atoms with Gasteiger partial charge >= 0.3 is 0 Å². The molecule has 3 N–H and O–H groups in total. The van der Waals surface area contributed by atoms with Gasteiger partial charge < -0.3 is 10.5 Å². The SMILES string of the molecule is COc1ccc2c(c1)CCC/C2=N/NC(N)=S. The zero-order valence-corrected chi connectivity index (χ0v) is 10.5. The number of thiocarbonyl (C=S) groups is 1. The number of methoxy groups -OCH3 is 1. The molecule has 0 heterocycles. The second kappa shape index (κ2) is 5.14. The van der Waals surface area contributed by atoms with E-state index in [0.29, 0.717) is 0 Å². The normalized spacial score (nSPS) is 16.4. The number of benzene rings is 1. The Morgan fingerprint density at radius 1 is 1.47 bits per heavy atom. The predicted molar refractivity (Wildman–Crippen MR) is 72.4 cm³/mol. The standard InChI is InChI=1S/C12H15N3OS/c1-16-9-5-6-10-8(7-9)3-2-4-11(10)14-15-12(13)17/h5-7H,2-4H2,1H3,(H3,13,15,17)/b14-11-. The quantitative estimate of drug-likeness (QED) is 0.617. The van der Waals surface area contributed by atoms with Gasteiger partial charge in [-0.1, -0.05) is 0 Å². The highest BCUT2D eigenvalue weighted by Gasteiger charge is 2.16. The minimum absolute atomic E-state index is 0.193. The average molecular weight is 249 g/mol. The van der Waals surface area contributed by atoms with Crippen molar-refractivity contribution in [2.75, 3.05) is 7.11 Å². The summed E-state index contributed by atoms with van der Waals surface area (Å²) in [5.41, 5.74) is 11.4. The number of nitrogens with two attached hydrogens (primary N) is 1. The number of hydrogen-bond acceptors (Lipinski definition) is 3. The molecule has 0 bridgehead atoms. The third-order valence-electron chi connectivity index (χ3n) is 2.78. The molecule has 5 heteroatoms. The molecule has 0 atom stereocenters. The van der Waals surface area contributed by atoms with Crippen molar-refractivity contribution in [1.82, 2.24) is 5.43 Å².